The second-order valence-corrected chi connectivity index (χ2v) is 6.45. The summed E-state index contributed by atoms with van der Waals surface area (Å²) < 4.78 is 25.0. The summed E-state index contributed by atoms with van der Waals surface area (Å²) in [5.41, 5.74) is 0.274. The van der Waals surface area contributed by atoms with Gasteiger partial charge in [-0.15, -0.1) is 0 Å². The molecule has 2 amide bonds. The summed E-state index contributed by atoms with van der Waals surface area (Å²) in [5.74, 6) is -1.09. The third kappa shape index (κ3) is 4.20. The molecule has 2 heterocycles. The number of carbonyl (C=O) groups is 2. The van der Waals surface area contributed by atoms with Gasteiger partial charge in [-0.25, -0.2) is 4.39 Å². The molecule has 2 aliphatic heterocycles. The van der Waals surface area contributed by atoms with Gasteiger partial charge < -0.3 is 19.7 Å². The molecule has 0 aromatic heterocycles. The fraction of sp³-hybridized carbons (Fsp3) is 0.556. The van der Waals surface area contributed by atoms with Crippen LogP contribution in [0.15, 0.2) is 24.3 Å². The van der Waals surface area contributed by atoms with Crippen LogP contribution in [0, 0.1) is 5.82 Å². The molecule has 2 aliphatic rings. The highest BCUT2D eigenvalue weighted by molar-refractivity contribution is 5.86. The molecule has 0 saturated carbocycles. The van der Waals surface area contributed by atoms with E-state index in [4.69, 9.17) is 9.47 Å². The first-order chi connectivity index (χ1) is 12.6. The van der Waals surface area contributed by atoms with Crippen molar-refractivity contribution in [2.45, 2.75) is 12.1 Å². The molecule has 0 bridgehead atoms. The zero-order valence-corrected chi connectivity index (χ0v) is 14.8. The molecule has 0 radical (unpaired) electrons. The van der Waals surface area contributed by atoms with Crippen LogP contribution in [0.4, 0.5) is 4.39 Å². The lowest BCUT2D eigenvalue weighted by Gasteiger charge is -2.38. The van der Waals surface area contributed by atoms with E-state index in [2.05, 4.69) is 10.2 Å². The number of amides is 2. The van der Waals surface area contributed by atoms with Gasteiger partial charge in [-0.1, -0.05) is 18.2 Å². The third-order valence-corrected chi connectivity index (χ3v) is 4.80. The van der Waals surface area contributed by atoms with Crippen LogP contribution in [0.3, 0.4) is 0 Å². The summed E-state index contributed by atoms with van der Waals surface area (Å²) >= 11 is 0. The van der Waals surface area contributed by atoms with Crippen molar-refractivity contribution in [2.75, 3.05) is 53.0 Å². The van der Waals surface area contributed by atoms with Crippen molar-refractivity contribution in [3.8, 4) is 0 Å². The second kappa shape index (κ2) is 8.57. The molecule has 2 atom stereocenters. The molecule has 2 saturated heterocycles. The number of ether oxygens (including phenoxy) is 2. The van der Waals surface area contributed by atoms with Crippen LogP contribution in [-0.4, -0.2) is 80.8 Å². The molecule has 1 aromatic rings. The lowest BCUT2D eigenvalue weighted by molar-refractivity contribution is -0.162. The van der Waals surface area contributed by atoms with E-state index in [9.17, 15) is 14.0 Å². The molecule has 2 unspecified atom stereocenters. The third-order valence-electron chi connectivity index (χ3n) is 4.80. The highest BCUT2D eigenvalue weighted by Gasteiger charge is 2.41. The van der Waals surface area contributed by atoms with Crippen molar-refractivity contribution < 1.29 is 23.5 Å². The van der Waals surface area contributed by atoms with E-state index < -0.39 is 18.0 Å². The molecule has 26 heavy (non-hydrogen) atoms. The van der Waals surface area contributed by atoms with Crippen molar-refractivity contribution in [3.63, 3.8) is 0 Å². The number of halogens is 1. The summed E-state index contributed by atoms with van der Waals surface area (Å²) in [6, 6.07) is 5.35. The Morgan fingerprint density at radius 3 is 2.77 bits per heavy atom. The predicted octanol–water partition coefficient (Wildman–Crippen LogP) is 0.172. The lowest BCUT2D eigenvalue weighted by Crippen LogP contribution is -2.54. The number of rotatable bonds is 5. The molecular weight excluding hydrogens is 341 g/mol. The van der Waals surface area contributed by atoms with E-state index >= 15 is 0 Å². The van der Waals surface area contributed by atoms with Gasteiger partial charge >= 0.3 is 0 Å². The number of nitrogens with one attached hydrogen (secondary N) is 1. The van der Waals surface area contributed by atoms with E-state index in [-0.39, 0.29) is 24.0 Å². The number of carbonyl (C=O) groups excluding carboxylic acids is 2. The summed E-state index contributed by atoms with van der Waals surface area (Å²) in [6.07, 6.45) is -0.945. The minimum Gasteiger partial charge on any atom is -0.379 e. The fourth-order valence-electron chi connectivity index (χ4n) is 3.28. The Kier molecular flexibility index (Phi) is 6.18. The number of nitrogens with zero attached hydrogens (tertiary/aromatic N) is 2. The van der Waals surface area contributed by atoms with Crippen LogP contribution >= 0.6 is 0 Å². The van der Waals surface area contributed by atoms with Gasteiger partial charge in [0.2, 0.25) is 5.91 Å². The number of benzene rings is 1. The molecular formula is C18H24FN3O4. The molecule has 0 aliphatic carbocycles. The minimum atomic E-state index is -0.945. The quantitative estimate of drug-likeness (QED) is 0.806. The van der Waals surface area contributed by atoms with Crippen molar-refractivity contribution >= 4 is 11.8 Å². The number of hydrogen-bond donors (Lipinski definition) is 1. The van der Waals surface area contributed by atoms with E-state index in [1.807, 2.05) is 0 Å². The fourth-order valence-corrected chi connectivity index (χ4v) is 3.28. The van der Waals surface area contributed by atoms with E-state index in [1.54, 1.807) is 25.2 Å². The summed E-state index contributed by atoms with van der Waals surface area (Å²) in [5, 5.41) is 2.85. The summed E-state index contributed by atoms with van der Waals surface area (Å²) in [7, 11) is 1.57. The van der Waals surface area contributed by atoms with Crippen LogP contribution in [0.5, 0.6) is 0 Å². The van der Waals surface area contributed by atoms with Crippen molar-refractivity contribution in [2.24, 2.45) is 0 Å². The SMILES string of the molecule is CN1C(=O)COC(C(=O)NCCN2CCOCC2)C1c1ccccc1F. The Bertz CT molecular complexity index is 651. The summed E-state index contributed by atoms with van der Waals surface area (Å²) in [6.45, 7) is 4.05. The van der Waals surface area contributed by atoms with Crippen molar-refractivity contribution in [1.82, 2.24) is 15.1 Å². The van der Waals surface area contributed by atoms with Gasteiger partial charge in [-0.2, -0.15) is 0 Å². The van der Waals surface area contributed by atoms with Gasteiger partial charge in [-0.05, 0) is 6.07 Å². The Hall–Kier alpha value is -2.03. The van der Waals surface area contributed by atoms with Crippen LogP contribution in [0.2, 0.25) is 0 Å². The van der Waals surface area contributed by atoms with Gasteiger partial charge in [0.05, 0.1) is 19.3 Å². The Labute approximate surface area is 152 Å². The van der Waals surface area contributed by atoms with Crippen molar-refractivity contribution in [3.05, 3.63) is 35.6 Å². The molecule has 142 valence electrons. The average Bonchev–Trinajstić information content (AvgIpc) is 2.65. The molecule has 7 nitrogen and oxygen atoms in total. The highest BCUT2D eigenvalue weighted by atomic mass is 19.1. The monoisotopic (exact) mass is 365 g/mol. The Morgan fingerprint density at radius 2 is 2.04 bits per heavy atom. The van der Waals surface area contributed by atoms with Crippen LogP contribution in [-0.2, 0) is 19.1 Å². The first kappa shape index (κ1) is 18.8. The van der Waals surface area contributed by atoms with Crippen LogP contribution < -0.4 is 5.32 Å². The normalized spacial score (nSPS) is 24.5. The molecule has 1 N–H and O–H groups in total. The van der Waals surface area contributed by atoms with Gasteiger partial charge in [0.25, 0.3) is 5.91 Å². The topological polar surface area (TPSA) is 71.1 Å². The van der Waals surface area contributed by atoms with Crippen molar-refractivity contribution in [1.29, 1.82) is 0 Å². The molecule has 3 rings (SSSR count). The largest absolute Gasteiger partial charge is 0.379 e. The van der Waals surface area contributed by atoms with Gasteiger partial charge in [0.1, 0.15) is 12.4 Å². The van der Waals surface area contributed by atoms with E-state index in [1.165, 1.54) is 11.0 Å². The minimum absolute atomic E-state index is 0.191. The zero-order chi connectivity index (χ0) is 18.5. The zero-order valence-electron chi connectivity index (χ0n) is 14.8. The number of likely N-dealkylation sites (N-methyl/N-ethyl adjacent to an activating group) is 1. The molecule has 0 spiro atoms. The van der Waals surface area contributed by atoms with Crippen LogP contribution in [0.1, 0.15) is 11.6 Å². The number of hydrogen-bond acceptors (Lipinski definition) is 5. The Balaban J connectivity index is 1.66. The number of morpholine rings is 2. The highest BCUT2D eigenvalue weighted by Crippen LogP contribution is 2.30. The maximum Gasteiger partial charge on any atom is 0.251 e. The predicted molar refractivity (Wildman–Crippen MR) is 91.9 cm³/mol. The second-order valence-electron chi connectivity index (χ2n) is 6.45. The van der Waals surface area contributed by atoms with E-state index in [0.29, 0.717) is 26.3 Å². The average molecular weight is 365 g/mol. The first-order valence-electron chi connectivity index (χ1n) is 8.77. The van der Waals surface area contributed by atoms with Gasteiger partial charge in [-0.3, -0.25) is 14.5 Å². The summed E-state index contributed by atoms with van der Waals surface area (Å²) in [4.78, 5) is 28.2. The Morgan fingerprint density at radius 1 is 1.31 bits per heavy atom. The van der Waals surface area contributed by atoms with Gasteiger partial charge in [0.15, 0.2) is 6.10 Å². The maximum atomic E-state index is 14.3. The standard InChI is InChI=1S/C18H24FN3O4/c1-21-15(23)12-26-17(16(21)13-4-2-3-5-14(13)19)18(24)20-6-7-22-8-10-25-11-9-22/h2-5,16-17H,6-12H2,1H3,(H,20,24). The first-order valence-corrected chi connectivity index (χ1v) is 8.77. The maximum absolute atomic E-state index is 14.3. The molecule has 1 aromatic carbocycles. The lowest BCUT2D eigenvalue weighted by atomic mass is 9.97. The van der Waals surface area contributed by atoms with E-state index in [0.717, 1.165) is 13.1 Å². The molecule has 2 fully saturated rings. The molecule has 8 heteroatoms. The van der Waals surface area contributed by atoms with Crippen LogP contribution in [0.25, 0.3) is 0 Å². The van der Waals surface area contributed by atoms with Gasteiger partial charge in [0, 0.05) is 38.8 Å². The smallest absolute Gasteiger partial charge is 0.251 e.